The van der Waals surface area contributed by atoms with Crippen LogP contribution in [0.5, 0.6) is 0 Å². The van der Waals surface area contributed by atoms with Crippen LogP contribution in [0.15, 0.2) is 35.6 Å². The minimum atomic E-state index is -1.76. The fourth-order valence-corrected chi connectivity index (χ4v) is 7.32. The Morgan fingerprint density at radius 3 is 2.65 bits per heavy atom. The largest absolute Gasteiger partial charge is 0.481 e. The van der Waals surface area contributed by atoms with Crippen molar-refractivity contribution in [2.45, 2.75) is 77.7 Å². The number of ketones is 2. The van der Waals surface area contributed by atoms with Gasteiger partial charge in [-0.3, -0.25) is 19.2 Å². The molecule has 0 bridgehead atoms. The van der Waals surface area contributed by atoms with E-state index in [1.54, 1.807) is 6.08 Å². The lowest BCUT2D eigenvalue weighted by Crippen LogP contribution is -2.59. The van der Waals surface area contributed by atoms with E-state index in [4.69, 9.17) is 4.74 Å². The Bertz CT molecular complexity index is 1020. The number of carbonyl (C=O) groups excluding carboxylic acids is 3. The zero-order valence-corrected chi connectivity index (χ0v) is 20.1. The summed E-state index contributed by atoms with van der Waals surface area (Å²) in [5.74, 6) is -2.14. The molecule has 7 heteroatoms. The van der Waals surface area contributed by atoms with E-state index in [0.717, 1.165) is 42.7 Å². The fourth-order valence-electron chi connectivity index (χ4n) is 7.32. The number of carboxylic acids is 1. The Morgan fingerprint density at radius 2 is 1.97 bits per heavy atom. The Morgan fingerprint density at radius 1 is 1.24 bits per heavy atom. The van der Waals surface area contributed by atoms with E-state index < -0.39 is 29.2 Å². The van der Waals surface area contributed by atoms with Crippen molar-refractivity contribution in [2.75, 3.05) is 0 Å². The van der Waals surface area contributed by atoms with Gasteiger partial charge in [0, 0.05) is 43.6 Å². The number of ether oxygens (including phenoxy) is 1. The minimum absolute atomic E-state index is 0.00651. The number of rotatable bonds is 6. The predicted molar refractivity (Wildman–Crippen MR) is 123 cm³/mol. The first kappa shape index (κ1) is 24.6. The Hall–Kier alpha value is -2.54. The molecule has 4 aliphatic carbocycles. The van der Waals surface area contributed by atoms with E-state index in [1.807, 2.05) is 0 Å². The number of hydrogen-bond donors (Lipinski definition) is 2. The number of esters is 1. The molecule has 0 aromatic carbocycles. The highest BCUT2D eigenvalue weighted by Crippen LogP contribution is 2.67. The van der Waals surface area contributed by atoms with Crippen LogP contribution in [0.3, 0.4) is 0 Å². The van der Waals surface area contributed by atoms with Gasteiger partial charge in [0.15, 0.2) is 11.6 Å². The van der Waals surface area contributed by atoms with Gasteiger partial charge in [-0.15, -0.1) is 0 Å². The summed E-state index contributed by atoms with van der Waals surface area (Å²) >= 11 is 0. The highest BCUT2D eigenvalue weighted by molar-refractivity contribution is 5.99. The van der Waals surface area contributed by atoms with E-state index >= 15 is 0 Å². The third kappa shape index (κ3) is 3.88. The maximum Gasteiger partial charge on any atom is 0.307 e. The van der Waals surface area contributed by atoms with Gasteiger partial charge in [-0.25, -0.2) is 0 Å². The van der Waals surface area contributed by atoms with Gasteiger partial charge in [-0.2, -0.15) is 0 Å². The summed E-state index contributed by atoms with van der Waals surface area (Å²) in [4.78, 5) is 48.1. The monoisotopic (exact) mass is 470 g/mol. The topological polar surface area (TPSA) is 118 Å². The zero-order valence-electron chi connectivity index (χ0n) is 20.1. The van der Waals surface area contributed by atoms with Crippen molar-refractivity contribution in [1.29, 1.82) is 0 Å². The lowest BCUT2D eigenvalue weighted by Gasteiger charge is -2.58. The molecular weight excluding hydrogens is 436 g/mol. The van der Waals surface area contributed by atoms with Crippen molar-refractivity contribution in [1.82, 2.24) is 0 Å². The molecule has 0 unspecified atom stereocenters. The van der Waals surface area contributed by atoms with Crippen molar-refractivity contribution in [3.05, 3.63) is 35.6 Å². The Kier molecular flexibility index (Phi) is 6.21. The van der Waals surface area contributed by atoms with Crippen molar-refractivity contribution < 1.29 is 34.1 Å². The molecule has 0 amide bonds. The number of carbonyl (C=O) groups is 4. The fraction of sp³-hybridized carbons (Fsp3) is 0.630. The van der Waals surface area contributed by atoms with Crippen molar-refractivity contribution in [3.63, 3.8) is 0 Å². The number of carboxylic acid groups (broad SMARTS) is 1. The molecule has 4 rings (SSSR count). The van der Waals surface area contributed by atoms with Crippen LogP contribution >= 0.6 is 0 Å². The van der Waals surface area contributed by atoms with Crippen LogP contribution in [0, 0.1) is 28.6 Å². The number of fused-ring (bicyclic) bond motifs is 5. The van der Waals surface area contributed by atoms with Crippen LogP contribution in [0.1, 0.15) is 72.1 Å². The normalized spacial score (nSPS) is 38.9. The van der Waals surface area contributed by atoms with E-state index in [1.165, 1.54) is 6.92 Å². The maximum absolute atomic E-state index is 13.5. The summed E-state index contributed by atoms with van der Waals surface area (Å²) < 4.78 is 4.82. The average Bonchev–Trinajstić information content (AvgIpc) is 3.09. The van der Waals surface area contributed by atoms with Crippen LogP contribution in [0.25, 0.3) is 0 Å². The molecule has 2 saturated carbocycles. The van der Waals surface area contributed by atoms with Gasteiger partial charge in [0.25, 0.3) is 0 Å². The minimum Gasteiger partial charge on any atom is -0.481 e. The van der Waals surface area contributed by atoms with E-state index in [0.29, 0.717) is 19.3 Å². The van der Waals surface area contributed by atoms with Gasteiger partial charge < -0.3 is 14.9 Å². The van der Waals surface area contributed by atoms with Crippen LogP contribution in [0.2, 0.25) is 0 Å². The van der Waals surface area contributed by atoms with Crippen molar-refractivity contribution >= 4 is 23.5 Å². The summed E-state index contributed by atoms with van der Waals surface area (Å²) in [6, 6.07) is 0. The summed E-state index contributed by atoms with van der Waals surface area (Å²) in [5, 5.41) is 21.3. The second-order valence-electron chi connectivity index (χ2n) is 11.0. The highest BCUT2D eigenvalue weighted by Gasteiger charge is 2.64. The summed E-state index contributed by atoms with van der Waals surface area (Å²) in [5.41, 5.74) is -0.563. The summed E-state index contributed by atoms with van der Waals surface area (Å²) in [7, 11) is 0. The van der Waals surface area contributed by atoms with E-state index in [2.05, 4.69) is 19.9 Å². The number of aliphatic hydroxyl groups is 1. The molecule has 0 heterocycles. The van der Waals surface area contributed by atoms with Gasteiger partial charge in [0.05, 0.1) is 6.26 Å². The predicted octanol–water partition coefficient (Wildman–Crippen LogP) is 3.91. The number of aliphatic carboxylic acids is 1. The molecule has 0 aromatic rings. The van der Waals surface area contributed by atoms with Crippen LogP contribution in [0.4, 0.5) is 0 Å². The molecule has 34 heavy (non-hydrogen) atoms. The van der Waals surface area contributed by atoms with Gasteiger partial charge in [-0.1, -0.05) is 31.1 Å². The molecule has 184 valence electrons. The first-order valence-electron chi connectivity index (χ1n) is 12.2. The third-order valence-electron chi connectivity index (χ3n) is 9.22. The quantitative estimate of drug-likeness (QED) is 0.262. The summed E-state index contributed by atoms with van der Waals surface area (Å²) in [6.07, 6.45) is 10.2. The van der Waals surface area contributed by atoms with Crippen LogP contribution in [-0.4, -0.2) is 39.3 Å². The first-order valence-corrected chi connectivity index (χ1v) is 12.2. The van der Waals surface area contributed by atoms with Gasteiger partial charge >= 0.3 is 11.9 Å². The van der Waals surface area contributed by atoms with Gasteiger partial charge in [0.2, 0.25) is 0 Å². The molecule has 0 radical (unpaired) electrons. The molecule has 7 nitrogen and oxygen atoms in total. The average molecular weight is 471 g/mol. The standard InChI is InChI=1S/C27H34O7/c1-16(28)34-13-10-22(30)27(33)15-18-14-19(29)8-11-26(18,3)21-9-12-25(2)17(5-7-23(31)32)4-6-20(25)24(21)27/h9-10,13-14,17,20,24,33H,4-8,11-12,15H2,1-3H3,(H,31,32)/b13-10-/t17-,20+,24+,25-,26+,27-/m1/s1. The zero-order chi connectivity index (χ0) is 24.9. The second-order valence-corrected chi connectivity index (χ2v) is 11.0. The summed E-state index contributed by atoms with van der Waals surface area (Å²) in [6.45, 7) is 5.52. The molecule has 6 atom stereocenters. The second kappa shape index (κ2) is 8.59. The maximum atomic E-state index is 13.5. The Balaban J connectivity index is 1.78. The Labute approximate surface area is 199 Å². The molecule has 2 N–H and O–H groups in total. The lowest BCUT2D eigenvalue weighted by molar-refractivity contribution is -0.146. The van der Waals surface area contributed by atoms with Crippen molar-refractivity contribution in [2.24, 2.45) is 28.6 Å². The molecule has 2 fully saturated rings. The van der Waals surface area contributed by atoms with Crippen LogP contribution in [-0.2, 0) is 23.9 Å². The van der Waals surface area contributed by atoms with Crippen molar-refractivity contribution in [3.8, 4) is 0 Å². The molecular formula is C27H34O7. The SMILES string of the molecule is CC(=O)O/C=C\C(=O)[C@]1(O)CC2=CC(=O)CC[C@]2(C)C2=CC[C@]3(C)[C@@H](CCC(=O)O)CC[C@H]3[C@@H]21. The third-order valence-corrected chi connectivity index (χ3v) is 9.22. The number of hydrogen-bond acceptors (Lipinski definition) is 6. The molecule has 0 saturated heterocycles. The smallest absolute Gasteiger partial charge is 0.307 e. The molecule has 0 spiro atoms. The highest BCUT2D eigenvalue weighted by atomic mass is 16.5. The first-order chi connectivity index (χ1) is 15.9. The van der Waals surface area contributed by atoms with Gasteiger partial charge in [-0.05, 0) is 55.4 Å². The van der Waals surface area contributed by atoms with E-state index in [-0.39, 0.29) is 41.3 Å². The van der Waals surface area contributed by atoms with Gasteiger partial charge in [0.1, 0.15) is 5.60 Å². The molecule has 0 aliphatic heterocycles. The lowest BCUT2D eigenvalue weighted by atomic mass is 9.46. The molecule has 0 aromatic heterocycles. The number of allylic oxidation sites excluding steroid dienone is 2. The van der Waals surface area contributed by atoms with Crippen LogP contribution < -0.4 is 0 Å². The van der Waals surface area contributed by atoms with E-state index in [9.17, 15) is 29.4 Å². The molecule has 4 aliphatic rings.